The Morgan fingerprint density at radius 1 is 0.455 bits per heavy atom. The maximum Gasteiger partial charge on any atom is 0.241 e. The van der Waals surface area contributed by atoms with Crippen molar-refractivity contribution in [1.29, 1.82) is 0 Å². The molecule has 0 bridgehead atoms. The van der Waals surface area contributed by atoms with Gasteiger partial charge in [0.05, 0.1) is 36.2 Å². The molecule has 2 aliphatic rings. The third-order valence-electron chi connectivity index (χ3n) is 11.0. The van der Waals surface area contributed by atoms with Crippen molar-refractivity contribution in [3.63, 3.8) is 0 Å². The number of furan rings is 2. The summed E-state index contributed by atoms with van der Waals surface area (Å²) in [5.74, 6) is 3.01. The van der Waals surface area contributed by atoms with Gasteiger partial charge < -0.3 is 27.8 Å². The molecule has 0 aliphatic carbocycles. The van der Waals surface area contributed by atoms with Crippen LogP contribution in [0.1, 0.15) is 47.6 Å². The lowest BCUT2D eigenvalue weighted by atomic mass is 10.1. The molecule has 8 aromatic rings. The molecule has 0 saturated carbocycles. The van der Waals surface area contributed by atoms with Crippen LogP contribution in [-0.2, 0) is 20.0 Å². The molecule has 66 heavy (non-hydrogen) atoms. The predicted octanol–water partition coefficient (Wildman–Crippen LogP) is 10.8. The van der Waals surface area contributed by atoms with Crippen molar-refractivity contribution in [2.24, 2.45) is 0 Å². The van der Waals surface area contributed by atoms with Crippen LogP contribution in [0.5, 0.6) is 23.0 Å². The summed E-state index contributed by atoms with van der Waals surface area (Å²) >= 11 is 3.11. The van der Waals surface area contributed by atoms with Crippen molar-refractivity contribution >= 4 is 65.5 Å². The number of rotatable bonds is 12. The van der Waals surface area contributed by atoms with Crippen LogP contribution in [0.15, 0.2) is 174 Å². The fourth-order valence-corrected chi connectivity index (χ4v) is 11.4. The van der Waals surface area contributed by atoms with E-state index in [0.29, 0.717) is 72.1 Å². The van der Waals surface area contributed by atoms with Crippen molar-refractivity contribution in [1.82, 2.24) is 9.44 Å². The van der Waals surface area contributed by atoms with E-state index < -0.39 is 32.1 Å². The van der Waals surface area contributed by atoms with Gasteiger partial charge in [0.1, 0.15) is 34.8 Å². The first kappa shape index (κ1) is 45.3. The zero-order valence-corrected chi connectivity index (χ0v) is 39.2. The second-order valence-corrected chi connectivity index (χ2v) is 20.4. The molecule has 0 radical (unpaired) electrons. The van der Waals surface area contributed by atoms with Gasteiger partial charge in [-0.1, -0.05) is 72.8 Å². The maximum atomic E-state index is 13.5. The van der Waals surface area contributed by atoms with Gasteiger partial charge >= 0.3 is 0 Å². The fourth-order valence-electron chi connectivity index (χ4n) is 7.72. The van der Waals surface area contributed by atoms with E-state index in [2.05, 4.69) is 9.44 Å². The van der Waals surface area contributed by atoms with E-state index in [9.17, 15) is 16.8 Å². The first-order valence-corrected chi connectivity index (χ1v) is 26.6. The van der Waals surface area contributed by atoms with Crippen molar-refractivity contribution in [3.05, 3.63) is 168 Å². The van der Waals surface area contributed by atoms with Gasteiger partial charge in [0, 0.05) is 45.5 Å². The molecule has 2 atom stereocenters. The molecule has 10 rings (SSSR count). The first-order valence-electron chi connectivity index (χ1n) is 21.2. The van der Waals surface area contributed by atoms with Gasteiger partial charge in [-0.25, -0.2) is 16.8 Å². The summed E-state index contributed by atoms with van der Waals surface area (Å²) in [5, 5.41) is 1.82. The maximum absolute atomic E-state index is 13.5. The smallest absolute Gasteiger partial charge is 0.241 e. The molecule has 2 aromatic heterocycles. The van der Waals surface area contributed by atoms with Crippen molar-refractivity contribution < 1.29 is 44.6 Å². The predicted molar refractivity (Wildman–Crippen MR) is 257 cm³/mol. The Balaban J connectivity index is 0.000000166. The molecule has 0 amide bonds. The van der Waals surface area contributed by atoms with E-state index in [1.807, 2.05) is 122 Å². The number of hydrogen-bond acceptors (Lipinski definition) is 12. The van der Waals surface area contributed by atoms with Crippen LogP contribution < -0.4 is 28.4 Å². The number of nitrogens with one attached hydrogen (secondary N) is 2. The third-order valence-corrected chi connectivity index (χ3v) is 15.4. The van der Waals surface area contributed by atoms with Crippen molar-refractivity contribution in [2.45, 2.75) is 44.5 Å². The number of thioether (sulfide) groups is 2. The molecular weight excluding hydrogens is 917 g/mol. The molecule has 0 saturated heterocycles. The van der Waals surface area contributed by atoms with Crippen molar-refractivity contribution in [2.75, 3.05) is 38.9 Å². The van der Waals surface area contributed by atoms with Gasteiger partial charge in [0.15, 0.2) is 23.0 Å². The molecule has 2 N–H and O–H groups in total. The second-order valence-electron chi connectivity index (χ2n) is 15.3. The Bertz CT molecular complexity index is 2940. The molecule has 0 unspecified atom stereocenters. The topological polar surface area (TPSA) is 156 Å². The normalized spacial score (nSPS) is 14.7. The Hall–Kier alpha value is -5.88. The van der Waals surface area contributed by atoms with Crippen LogP contribution in [0, 0.1) is 0 Å². The number of sulfonamides is 2. The highest BCUT2D eigenvalue weighted by molar-refractivity contribution is 7.99. The summed E-state index contributed by atoms with van der Waals surface area (Å²) < 4.78 is 94.7. The molecule has 340 valence electrons. The van der Waals surface area contributed by atoms with E-state index in [1.165, 1.54) is 24.3 Å². The minimum absolute atomic E-state index is 0.106. The Kier molecular flexibility index (Phi) is 13.7. The minimum atomic E-state index is -3.92. The number of ether oxygens (including phenoxy) is 4. The van der Waals surface area contributed by atoms with E-state index in [0.717, 1.165) is 44.5 Å². The lowest BCUT2D eigenvalue weighted by Gasteiger charge is -2.20. The lowest BCUT2D eigenvalue weighted by Crippen LogP contribution is -2.29. The number of fused-ring (bicyclic) bond motifs is 4. The average Bonchev–Trinajstić information content (AvgIpc) is 3.80. The van der Waals surface area contributed by atoms with Gasteiger partial charge in [0.2, 0.25) is 20.0 Å². The van der Waals surface area contributed by atoms with Crippen LogP contribution in [0.4, 0.5) is 0 Å². The summed E-state index contributed by atoms with van der Waals surface area (Å²) in [4.78, 5) is 2.14. The number of benzene rings is 6. The van der Waals surface area contributed by atoms with E-state index in [-0.39, 0.29) is 9.79 Å². The molecule has 12 nitrogen and oxygen atoms in total. The highest BCUT2D eigenvalue weighted by Crippen LogP contribution is 2.39. The molecular formula is C50H46N2O10S4. The van der Waals surface area contributed by atoms with Gasteiger partial charge in [0.25, 0.3) is 0 Å². The molecule has 6 aromatic carbocycles. The summed E-state index contributed by atoms with van der Waals surface area (Å²) in [6.45, 7) is 2.03. The van der Waals surface area contributed by atoms with Gasteiger partial charge in [-0.15, -0.1) is 23.5 Å². The number of hydrogen-bond donors (Lipinski definition) is 2. The van der Waals surface area contributed by atoms with Crippen LogP contribution in [0.2, 0.25) is 0 Å². The summed E-state index contributed by atoms with van der Waals surface area (Å²) in [6.07, 6.45) is 5.42. The van der Waals surface area contributed by atoms with Gasteiger partial charge in [-0.05, 0) is 84.3 Å². The van der Waals surface area contributed by atoms with Crippen LogP contribution >= 0.6 is 23.5 Å². The summed E-state index contributed by atoms with van der Waals surface area (Å²) in [6, 6.07) is 42.4. The van der Waals surface area contributed by atoms with Crippen molar-refractivity contribution in [3.8, 4) is 23.0 Å². The SMILES string of the molecule is CSc1ccccc1[C@@H](NS(=O)(=O)c1ccc2c(c1)OCCCO2)c1cc2ccccc2o1.CSc1ccccc1[C@H](NS(=O)(=O)c1ccc2c(c1)OCCCO2)c1cc2ccccc2o1. The Morgan fingerprint density at radius 2 is 0.833 bits per heavy atom. The fraction of sp³-hybridized carbons (Fsp3) is 0.200. The molecule has 16 heteroatoms. The lowest BCUT2D eigenvalue weighted by molar-refractivity contribution is 0.296. The van der Waals surface area contributed by atoms with Gasteiger partial charge in [-0.2, -0.15) is 9.44 Å². The Labute approximate surface area is 392 Å². The van der Waals surface area contributed by atoms with Gasteiger partial charge in [-0.3, -0.25) is 0 Å². The zero-order valence-electron chi connectivity index (χ0n) is 36.0. The Morgan fingerprint density at radius 3 is 1.24 bits per heavy atom. The average molecular weight is 963 g/mol. The van der Waals surface area contributed by atoms with Crippen LogP contribution in [0.3, 0.4) is 0 Å². The molecule has 0 fully saturated rings. The highest BCUT2D eigenvalue weighted by Gasteiger charge is 2.30. The van der Waals surface area contributed by atoms with E-state index in [1.54, 1.807) is 35.7 Å². The largest absolute Gasteiger partial charge is 0.490 e. The molecule has 0 spiro atoms. The third kappa shape index (κ3) is 9.94. The first-order chi connectivity index (χ1) is 32.1. The van der Waals surface area contributed by atoms with Crippen LogP contribution in [-0.4, -0.2) is 55.8 Å². The molecule has 2 aliphatic heterocycles. The second kappa shape index (κ2) is 19.9. The van der Waals surface area contributed by atoms with E-state index >= 15 is 0 Å². The summed E-state index contributed by atoms with van der Waals surface area (Å²) in [7, 11) is -7.84. The zero-order chi connectivity index (χ0) is 45.7. The standard InChI is InChI=1S/2C25H23NO5S2/c2*1-32-24-10-5-3-8-19(24)25(23-15-17-7-2-4-9-20(17)31-23)26-33(27,28)18-11-12-21-22(16-18)30-14-6-13-29-21/h2*2-5,7-12,15-16,25-26H,6,13-14H2,1H3/t2*25-/m10/s1. The van der Waals surface area contributed by atoms with E-state index in [4.69, 9.17) is 27.8 Å². The minimum Gasteiger partial charge on any atom is -0.490 e. The quantitative estimate of drug-likeness (QED) is 0.112. The molecule has 4 heterocycles. The highest BCUT2D eigenvalue weighted by atomic mass is 32.2. The monoisotopic (exact) mass is 962 g/mol. The summed E-state index contributed by atoms with van der Waals surface area (Å²) in [5.41, 5.74) is 3.05. The number of para-hydroxylation sites is 2. The van der Waals surface area contributed by atoms with Crippen LogP contribution in [0.25, 0.3) is 21.9 Å².